The Labute approximate surface area is 153 Å². The Morgan fingerprint density at radius 3 is 2.88 bits per heavy atom. The van der Waals surface area contributed by atoms with Crippen LogP contribution in [-0.2, 0) is 4.79 Å². The topological polar surface area (TPSA) is 61.4 Å². The Hall–Kier alpha value is -2.82. The van der Waals surface area contributed by atoms with Crippen molar-refractivity contribution in [3.63, 3.8) is 0 Å². The van der Waals surface area contributed by atoms with E-state index in [2.05, 4.69) is 34.6 Å². The largest absolute Gasteiger partial charge is 0.358 e. The van der Waals surface area contributed by atoms with E-state index in [1.54, 1.807) is 6.07 Å². The summed E-state index contributed by atoms with van der Waals surface area (Å²) in [5.74, 6) is 0.154. The molecule has 2 atom stereocenters. The van der Waals surface area contributed by atoms with Gasteiger partial charge in [0.25, 0.3) is 5.91 Å². The molecule has 2 aliphatic rings. The summed E-state index contributed by atoms with van der Waals surface area (Å²) in [7, 11) is 0. The Balaban J connectivity index is 1.46. The lowest BCUT2D eigenvalue weighted by atomic mass is 10.0. The molecule has 0 unspecified atom stereocenters. The predicted molar refractivity (Wildman–Crippen MR) is 103 cm³/mol. The minimum atomic E-state index is -0.117. The maximum Gasteiger partial charge on any atom is 0.251 e. The molecule has 0 aromatic heterocycles. The van der Waals surface area contributed by atoms with Crippen LogP contribution < -0.4 is 15.5 Å². The van der Waals surface area contributed by atoms with Crippen molar-refractivity contribution in [3.8, 4) is 0 Å². The molecular formula is C21H23N3O2. The smallest absolute Gasteiger partial charge is 0.251 e. The molecule has 134 valence electrons. The van der Waals surface area contributed by atoms with E-state index in [0.29, 0.717) is 12.1 Å². The van der Waals surface area contributed by atoms with Gasteiger partial charge in [0.2, 0.25) is 5.91 Å². The van der Waals surface area contributed by atoms with Crippen LogP contribution in [0.4, 0.5) is 11.4 Å². The molecule has 1 fully saturated rings. The summed E-state index contributed by atoms with van der Waals surface area (Å²) < 4.78 is 0. The number of nitrogens with one attached hydrogen (secondary N) is 2. The number of nitrogens with zero attached hydrogens (tertiary/aromatic N) is 1. The fourth-order valence-electron chi connectivity index (χ4n) is 3.82. The van der Waals surface area contributed by atoms with Gasteiger partial charge < -0.3 is 15.5 Å². The van der Waals surface area contributed by atoms with Gasteiger partial charge in [-0.3, -0.25) is 9.59 Å². The molecule has 0 aliphatic carbocycles. The summed E-state index contributed by atoms with van der Waals surface area (Å²) in [4.78, 5) is 26.9. The van der Waals surface area contributed by atoms with Crippen LogP contribution in [0.25, 0.3) is 0 Å². The second-order valence-electron chi connectivity index (χ2n) is 7.09. The van der Waals surface area contributed by atoms with Crippen molar-refractivity contribution in [2.75, 3.05) is 23.3 Å². The highest BCUT2D eigenvalue weighted by Gasteiger charge is 2.36. The molecule has 0 spiro atoms. The van der Waals surface area contributed by atoms with Gasteiger partial charge in [0.05, 0.1) is 11.4 Å². The van der Waals surface area contributed by atoms with Crippen LogP contribution in [0.15, 0.2) is 48.5 Å². The van der Waals surface area contributed by atoms with Gasteiger partial charge in [-0.15, -0.1) is 0 Å². The average molecular weight is 349 g/mol. The normalized spacial score (nSPS) is 19.3. The summed E-state index contributed by atoms with van der Waals surface area (Å²) in [5.41, 5.74) is 3.52. The van der Waals surface area contributed by atoms with Gasteiger partial charge in [-0.25, -0.2) is 0 Å². The van der Waals surface area contributed by atoms with Gasteiger partial charge in [0.15, 0.2) is 0 Å². The van der Waals surface area contributed by atoms with E-state index in [-0.39, 0.29) is 23.8 Å². The Bertz CT molecular complexity index is 834. The summed E-state index contributed by atoms with van der Waals surface area (Å²) in [6, 6.07) is 15.6. The molecular weight excluding hydrogens is 326 g/mol. The fraction of sp³-hybridized carbons (Fsp3) is 0.333. The molecule has 2 aromatic carbocycles. The molecule has 2 N–H and O–H groups in total. The second kappa shape index (κ2) is 6.83. The third-order valence-electron chi connectivity index (χ3n) is 5.32. The first-order valence-electron chi connectivity index (χ1n) is 9.18. The highest BCUT2D eigenvalue weighted by Crippen LogP contribution is 2.37. The lowest BCUT2D eigenvalue weighted by molar-refractivity contribution is -0.117. The standard InChI is InChI=1S/C21H23N3O2/c1-14(15-6-3-2-4-7-15)13-22-20(25)16-9-10-18-17(12-16)23-21(26)19-8-5-11-24(18)19/h2-4,6-7,9-10,12,14,19H,5,8,11,13H2,1H3,(H,22,25)(H,23,26)/t14-,19+/m0/s1. The van der Waals surface area contributed by atoms with Gasteiger partial charge in [-0.2, -0.15) is 0 Å². The maximum absolute atomic E-state index is 12.5. The van der Waals surface area contributed by atoms with E-state index in [0.717, 1.165) is 30.8 Å². The Kier molecular flexibility index (Phi) is 4.37. The third kappa shape index (κ3) is 3.05. The van der Waals surface area contributed by atoms with Crippen molar-refractivity contribution in [2.45, 2.75) is 31.7 Å². The number of carbonyl (C=O) groups excluding carboxylic acids is 2. The number of anilines is 2. The van der Waals surface area contributed by atoms with E-state index < -0.39 is 0 Å². The first-order valence-corrected chi connectivity index (χ1v) is 9.18. The van der Waals surface area contributed by atoms with Gasteiger partial charge in [-0.1, -0.05) is 37.3 Å². The van der Waals surface area contributed by atoms with E-state index in [1.807, 2.05) is 30.3 Å². The summed E-state index contributed by atoms with van der Waals surface area (Å²) in [5, 5.41) is 5.95. The molecule has 4 rings (SSSR count). The van der Waals surface area contributed by atoms with Crippen molar-refractivity contribution in [2.24, 2.45) is 0 Å². The van der Waals surface area contributed by atoms with Gasteiger partial charge in [-0.05, 0) is 42.5 Å². The molecule has 5 heteroatoms. The third-order valence-corrected chi connectivity index (χ3v) is 5.32. The molecule has 1 saturated heterocycles. The molecule has 5 nitrogen and oxygen atoms in total. The van der Waals surface area contributed by atoms with E-state index in [4.69, 9.17) is 0 Å². The summed E-state index contributed by atoms with van der Waals surface area (Å²) >= 11 is 0. The fourth-order valence-corrected chi connectivity index (χ4v) is 3.82. The lowest BCUT2D eigenvalue weighted by Crippen LogP contribution is -2.44. The van der Waals surface area contributed by atoms with Crippen LogP contribution in [0.3, 0.4) is 0 Å². The molecule has 2 amide bonds. The van der Waals surface area contributed by atoms with Crippen molar-refractivity contribution in [1.82, 2.24) is 5.32 Å². The zero-order valence-electron chi connectivity index (χ0n) is 14.9. The molecule has 2 heterocycles. The molecule has 26 heavy (non-hydrogen) atoms. The monoisotopic (exact) mass is 349 g/mol. The van der Waals surface area contributed by atoms with E-state index >= 15 is 0 Å². The average Bonchev–Trinajstić information content (AvgIpc) is 3.17. The zero-order valence-corrected chi connectivity index (χ0v) is 14.9. The number of rotatable bonds is 4. The molecule has 2 aliphatic heterocycles. The number of benzene rings is 2. The highest BCUT2D eigenvalue weighted by atomic mass is 16.2. The first kappa shape index (κ1) is 16.6. The van der Waals surface area contributed by atoms with Gasteiger partial charge in [0, 0.05) is 18.7 Å². The Morgan fingerprint density at radius 2 is 2.08 bits per heavy atom. The van der Waals surface area contributed by atoms with E-state index in [1.165, 1.54) is 5.56 Å². The van der Waals surface area contributed by atoms with Gasteiger partial charge in [0.1, 0.15) is 6.04 Å². The molecule has 0 saturated carbocycles. The molecule has 0 bridgehead atoms. The van der Waals surface area contributed by atoms with Crippen LogP contribution in [0.5, 0.6) is 0 Å². The zero-order chi connectivity index (χ0) is 18.1. The van der Waals surface area contributed by atoms with E-state index in [9.17, 15) is 9.59 Å². The summed E-state index contributed by atoms with van der Waals surface area (Å²) in [6.07, 6.45) is 1.92. The van der Waals surface area contributed by atoms with Crippen molar-refractivity contribution < 1.29 is 9.59 Å². The van der Waals surface area contributed by atoms with Gasteiger partial charge >= 0.3 is 0 Å². The van der Waals surface area contributed by atoms with Crippen LogP contribution in [0, 0.1) is 0 Å². The second-order valence-corrected chi connectivity index (χ2v) is 7.09. The van der Waals surface area contributed by atoms with Crippen LogP contribution in [0.1, 0.15) is 41.6 Å². The van der Waals surface area contributed by atoms with Crippen molar-refractivity contribution in [3.05, 3.63) is 59.7 Å². The number of hydrogen-bond acceptors (Lipinski definition) is 3. The first-order chi connectivity index (χ1) is 12.6. The molecule has 0 radical (unpaired) electrons. The Morgan fingerprint density at radius 1 is 1.27 bits per heavy atom. The van der Waals surface area contributed by atoms with Crippen LogP contribution in [-0.4, -0.2) is 30.9 Å². The lowest BCUT2D eigenvalue weighted by Gasteiger charge is -2.33. The number of carbonyl (C=O) groups is 2. The van der Waals surface area contributed by atoms with Crippen LogP contribution >= 0.6 is 0 Å². The molecule has 2 aromatic rings. The summed E-state index contributed by atoms with van der Waals surface area (Å²) in [6.45, 7) is 3.56. The van der Waals surface area contributed by atoms with Crippen molar-refractivity contribution >= 4 is 23.2 Å². The minimum absolute atomic E-state index is 0.0326. The predicted octanol–water partition coefficient (Wildman–Crippen LogP) is 3.14. The van der Waals surface area contributed by atoms with Crippen molar-refractivity contribution in [1.29, 1.82) is 0 Å². The highest BCUT2D eigenvalue weighted by molar-refractivity contribution is 6.06. The number of fused-ring (bicyclic) bond motifs is 3. The SMILES string of the molecule is C[C@@H](CNC(=O)c1ccc2c(c1)NC(=O)[C@H]1CCCN21)c1ccccc1. The van der Waals surface area contributed by atoms with Crippen LogP contribution in [0.2, 0.25) is 0 Å². The maximum atomic E-state index is 12.5. The quantitative estimate of drug-likeness (QED) is 0.891. The number of amides is 2. The number of hydrogen-bond donors (Lipinski definition) is 2. The minimum Gasteiger partial charge on any atom is -0.358 e.